The van der Waals surface area contributed by atoms with Gasteiger partial charge in [-0.2, -0.15) is 0 Å². The number of rotatable bonds is 6. The van der Waals surface area contributed by atoms with Gasteiger partial charge < -0.3 is 10.3 Å². The second kappa shape index (κ2) is 6.99. The third-order valence-corrected chi connectivity index (χ3v) is 3.11. The molecular weight excluding hydrogens is 274 g/mol. The molecule has 6 heteroatoms. The van der Waals surface area contributed by atoms with Gasteiger partial charge in [-0.3, -0.25) is 0 Å². The summed E-state index contributed by atoms with van der Waals surface area (Å²) in [4.78, 5) is 5.68. The number of aromatic nitrogens is 1. The molecule has 1 aromatic heterocycles. The zero-order chi connectivity index (χ0) is 15.2. The monoisotopic (exact) mass is 292 g/mol. The summed E-state index contributed by atoms with van der Waals surface area (Å²) in [6, 6.07) is 10.1. The molecule has 0 unspecified atom stereocenters. The number of nitrogens with zero attached hydrogens (tertiary/aromatic N) is 2. The number of nitrogens with two attached hydrogens (primary N) is 1. The minimum atomic E-state index is -0.817. The van der Waals surface area contributed by atoms with Gasteiger partial charge in [-0.05, 0) is 18.6 Å². The average Bonchev–Trinajstić information content (AvgIpc) is 2.50. The maximum Gasteiger partial charge on any atom is 0.178 e. The standard InChI is InChI=1S/C15H18F2N4/c1-2-3-9-21(11-7-5-4-6-8-11)15-13(17)10-12(16)14(19-15)20-18/h4-8,10H,2-3,9,18H2,1H3,(H,19,20). The fourth-order valence-corrected chi connectivity index (χ4v) is 2.03. The van der Waals surface area contributed by atoms with Crippen molar-refractivity contribution in [1.82, 2.24) is 4.98 Å². The number of hydrogen-bond donors (Lipinski definition) is 2. The summed E-state index contributed by atoms with van der Waals surface area (Å²) < 4.78 is 27.6. The molecule has 112 valence electrons. The van der Waals surface area contributed by atoms with Crippen molar-refractivity contribution in [2.24, 2.45) is 5.84 Å². The van der Waals surface area contributed by atoms with Crippen molar-refractivity contribution in [3.05, 3.63) is 48.0 Å². The SMILES string of the molecule is CCCCN(c1ccccc1)c1nc(NN)c(F)cc1F. The predicted molar refractivity (Wildman–Crippen MR) is 80.3 cm³/mol. The Morgan fingerprint density at radius 1 is 1.19 bits per heavy atom. The number of pyridine rings is 1. The van der Waals surface area contributed by atoms with Crippen LogP contribution in [0.2, 0.25) is 0 Å². The zero-order valence-corrected chi connectivity index (χ0v) is 11.8. The maximum absolute atomic E-state index is 14.1. The maximum atomic E-state index is 14.1. The Hall–Kier alpha value is -2.21. The van der Waals surface area contributed by atoms with Crippen LogP contribution in [0.5, 0.6) is 0 Å². The summed E-state index contributed by atoms with van der Waals surface area (Å²) in [5.74, 6) is 3.56. The minimum absolute atomic E-state index is 0.0593. The molecule has 0 radical (unpaired) electrons. The van der Waals surface area contributed by atoms with Crippen molar-refractivity contribution in [3.8, 4) is 0 Å². The van der Waals surface area contributed by atoms with Crippen molar-refractivity contribution < 1.29 is 8.78 Å². The van der Waals surface area contributed by atoms with E-state index in [2.05, 4.69) is 10.4 Å². The van der Waals surface area contributed by atoms with Gasteiger partial charge in [0.15, 0.2) is 23.3 Å². The minimum Gasteiger partial charge on any atom is -0.324 e. The van der Waals surface area contributed by atoms with Crippen molar-refractivity contribution in [2.45, 2.75) is 19.8 Å². The highest BCUT2D eigenvalue weighted by Crippen LogP contribution is 2.28. The molecular formula is C15H18F2N4. The third kappa shape index (κ3) is 3.46. The Bertz CT molecular complexity index is 590. The number of hydrazine groups is 1. The third-order valence-electron chi connectivity index (χ3n) is 3.11. The van der Waals surface area contributed by atoms with Crippen LogP contribution in [0.3, 0.4) is 0 Å². The van der Waals surface area contributed by atoms with E-state index in [4.69, 9.17) is 5.84 Å². The normalized spacial score (nSPS) is 10.5. The molecule has 0 aliphatic rings. The number of unbranched alkanes of at least 4 members (excludes halogenated alkanes) is 1. The first-order valence-corrected chi connectivity index (χ1v) is 6.82. The highest BCUT2D eigenvalue weighted by molar-refractivity contribution is 5.62. The van der Waals surface area contributed by atoms with Gasteiger partial charge >= 0.3 is 0 Å². The molecule has 21 heavy (non-hydrogen) atoms. The Balaban J connectivity index is 2.46. The van der Waals surface area contributed by atoms with Gasteiger partial charge in [0.1, 0.15) is 0 Å². The summed E-state index contributed by atoms with van der Waals surface area (Å²) >= 11 is 0. The summed E-state index contributed by atoms with van der Waals surface area (Å²) in [5, 5.41) is 0. The lowest BCUT2D eigenvalue weighted by Gasteiger charge is -2.24. The van der Waals surface area contributed by atoms with Crippen molar-refractivity contribution in [1.29, 1.82) is 0 Å². The Kier molecular flexibility index (Phi) is 5.05. The first-order valence-electron chi connectivity index (χ1n) is 6.82. The number of para-hydroxylation sites is 1. The van der Waals surface area contributed by atoms with E-state index in [0.717, 1.165) is 24.6 Å². The van der Waals surface area contributed by atoms with Crippen LogP contribution in [0, 0.1) is 11.6 Å². The van der Waals surface area contributed by atoms with Crippen LogP contribution in [-0.2, 0) is 0 Å². The molecule has 0 aliphatic heterocycles. The molecule has 2 rings (SSSR count). The van der Waals surface area contributed by atoms with E-state index in [1.54, 1.807) is 4.90 Å². The highest BCUT2D eigenvalue weighted by atomic mass is 19.1. The smallest absolute Gasteiger partial charge is 0.178 e. The second-order valence-corrected chi connectivity index (χ2v) is 4.61. The van der Waals surface area contributed by atoms with Gasteiger partial charge in [0.25, 0.3) is 0 Å². The van der Waals surface area contributed by atoms with Gasteiger partial charge in [-0.15, -0.1) is 0 Å². The molecule has 0 fully saturated rings. The predicted octanol–water partition coefficient (Wildman–Crippen LogP) is 3.58. The molecule has 0 saturated heterocycles. The van der Waals surface area contributed by atoms with Crippen molar-refractivity contribution >= 4 is 17.3 Å². The largest absolute Gasteiger partial charge is 0.324 e. The molecule has 4 nitrogen and oxygen atoms in total. The lowest BCUT2D eigenvalue weighted by Crippen LogP contribution is -2.22. The van der Waals surface area contributed by atoms with Crippen LogP contribution in [0.15, 0.2) is 36.4 Å². The molecule has 1 aromatic carbocycles. The van der Waals surface area contributed by atoms with E-state index in [1.807, 2.05) is 37.3 Å². The summed E-state index contributed by atoms with van der Waals surface area (Å²) in [7, 11) is 0. The zero-order valence-electron chi connectivity index (χ0n) is 11.8. The molecule has 0 bridgehead atoms. The number of nitrogens with one attached hydrogen (secondary N) is 1. The van der Waals surface area contributed by atoms with Crippen LogP contribution in [-0.4, -0.2) is 11.5 Å². The number of hydrogen-bond acceptors (Lipinski definition) is 4. The van der Waals surface area contributed by atoms with Crippen LogP contribution < -0.4 is 16.2 Å². The van der Waals surface area contributed by atoms with Crippen LogP contribution in [0.25, 0.3) is 0 Å². The summed E-state index contributed by atoms with van der Waals surface area (Å²) in [6.45, 7) is 2.63. The van der Waals surface area contributed by atoms with E-state index < -0.39 is 11.6 Å². The Morgan fingerprint density at radius 2 is 1.90 bits per heavy atom. The lowest BCUT2D eigenvalue weighted by molar-refractivity contribution is 0.573. The quantitative estimate of drug-likeness (QED) is 0.631. The molecule has 0 aliphatic carbocycles. The van der Waals surface area contributed by atoms with Crippen molar-refractivity contribution in [3.63, 3.8) is 0 Å². The molecule has 2 aromatic rings. The average molecular weight is 292 g/mol. The molecule has 0 amide bonds. The fraction of sp³-hybridized carbons (Fsp3) is 0.267. The lowest BCUT2D eigenvalue weighted by atomic mass is 10.2. The second-order valence-electron chi connectivity index (χ2n) is 4.61. The summed E-state index contributed by atoms with van der Waals surface area (Å²) in [5.41, 5.74) is 2.94. The van der Waals surface area contributed by atoms with Gasteiger partial charge in [-0.25, -0.2) is 19.6 Å². The van der Waals surface area contributed by atoms with E-state index in [1.165, 1.54) is 0 Å². The molecule has 1 heterocycles. The molecule has 0 spiro atoms. The number of nitrogen functional groups attached to an aromatic ring is 1. The number of anilines is 3. The molecule has 0 saturated carbocycles. The fourth-order valence-electron chi connectivity index (χ4n) is 2.03. The van der Waals surface area contributed by atoms with E-state index >= 15 is 0 Å². The molecule has 0 atom stereocenters. The van der Waals surface area contributed by atoms with Gasteiger partial charge in [0, 0.05) is 18.3 Å². The first kappa shape index (κ1) is 15.2. The van der Waals surface area contributed by atoms with Crippen LogP contribution in [0.4, 0.5) is 26.1 Å². The topological polar surface area (TPSA) is 54.2 Å². The number of halogens is 2. The van der Waals surface area contributed by atoms with Gasteiger partial charge in [0.05, 0.1) is 0 Å². The van der Waals surface area contributed by atoms with Crippen molar-refractivity contribution in [2.75, 3.05) is 16.9 Å². The molecule has 3 N–H and O–H groups in total. The first-order chi connectivity index (χ1) is 10.2. The van der Waals surface area contributed by atoms with E-state index in [0.29, 0.717) is 6.54 Å². The highest BCUT2D eigenvalue weighted by Gasteiger charge is 2.18. The van der Waals surface area contributed by atoms with E-state index in [9.17, 15) is 8.78 Å². The summed E-state index contributed by atoms with van der Waals surface area (Å²) in [6.07, 6.45) is 1.81. The van der Waals surface area contributed by atoms with Crippen LogP contribution >= 0.6 is 0 Å². The van der Waals surface area contributed by atoms with Gasteiger partial charge in [-0.1, -0.05) is 31.5 Å². The van der Waals surface area contributed by atoms with Crippen LogP contribution in [0.1, 0.15) is 19.8 Å². The van der Waals surface area contributed by atoms with E-state index in [-0.39, 0.29) is 11.6 Å². The van der Waals surface area contributed by atoms with Gasteiger partial charge in [0.2, 0.25) is 0 Å². The Morgan fingerprint density at radius 3 is 2.52 bits per heavy atom. The Labute approximate surface area is 122 Å². The number of benzene rings is 1.